The third kappa shape index (κ3) is 3.99. The van der Waals surface area contributed by atoms with Crippen LogP contribution in [-0.4, -0.2) is 20.0 Å². The first-order valence-electron chi connectivity index (χ1n) is 9.17. The van der Waals surface area contributed by atoms with Crippen molar-refractivity contribution < 1.29 is 9.18 Å². The van der Waals surface area contributed by atoms with Crippen LogP contribution < -0.4 is 5.32 Å². The molecule has 5 nitrogen and oxygen atoms in total. The number of nitrogens with one attached hydrogen (secondary N) is 1. The summed E-state index contributed by atoms with van der Waals surface area (Å²) in [5.41, 5.74) is 2.41. The molecule has 30 heavy (non-hydrogen) atoms. The number of thioether (sulfide) groups is 1. The number of amides is 1. The number of thiocarbonyl (C=S) groups is 1. The number of benzene rings is 2. The van der Waals surface area contributed by atoms with Crippen LogP contribution in [0, 0.1) is 17.1 Å². The number of aromatic nitrogens is 2. The average Bonchev–Trinajstić information content (AvgIpc) is 3.24. The van der Waals surface area contributed by atoms with E-state index in [4.69, 9.17) is 12.2 Å². The summed E-state index contributed by atoms with van der Waals surface area (Å²) >= 11 is 6.24. The van der Waals surface area contributed by atoms with Crippen LogP contribution >= 0.6 is 24.0 Å². The monoisotopic (exact) mass is 436 g/mol. The Morgan fingerprint density at radius 2 is 2.13 bits per heavy atom. The minimum absolute atomic E-state index is 0.171. The van der Waals surface area contributed by atoms with Crippen molar-refractivity contribution in [3.8, 4) is 6.07 Å². The van der Waals surface area contributed by atoms with Gasteiger partial charge in [0.15, 0.2) is 0 Å². The lowest BCUT2D eigenvalue weighted by Gasteiger charge is -2.20. The molecule has 0 bridgehead atoms. The second-order valence-corrected chi connectivity index (χ2v) is 8.96. The summed E-state index contributed by atoms with van der Waals surface area (Å²) in [6, 6.07) is 12.6. The number of hydrogen-bond donors (Lipinski definition) is 1. The van der Waals surface area contributed by atoms with Crippen molar-refractivity contribution >= 4 is 51.2 Å². The highest BCUT2D eigenvalue weighted by molar-refractivity contribution is 8.19. The van der Waals surface area contributed by atoms with E-state index in [-0.39, 0.29) is 11.1 Å². The van der Waals surface area contributed by atoms with Crippen LogP contribution in [0.4, 0.5) is 9.18 Å². The van der Waals surface area contributed by atoms with Gasteiger partial charge >= 0.3 is 0 Å². The number of hydrogen-bond acceptors (Lipinski definition) is 5. The first-order chi connectivity index (χ1) is 14.2. The van der Waals surface area contributed by atoms with Crippen molar-refractivity contribution in [1.29, 1.82) is 5.26 Å². The molecule has 2 heterocycles. The van der Waals surface area contributed by atoms with E-state index in [1.807, 2.05) is 30.5 Å². The molecule has 4 rings (SSSR count). The van der Waals surface area contributed by atoms with Crippen LogP contribution in [0.25, 0.3) is 17.0 Å². The number of halogens is 1. The van der Waals surface area contributed by atoms with Crippen LogP contribution in [-0.2, 0) is 12.0 Å². The van der Waals surface area contributed by atoms with E-state index in [2.05, 4.69) is 16.5 Å². The highest BCUT2D eigenvalue weighted by atomic mass is 32.2. The molecule has 1 aliphatic heterocycles. The van der Waals surface area contributed by atoms with Gasteiger partial charge in [0.2, 0.25) is 0 Å². The minimum Gasteiger partial charge on any atom is -0.307 e. The second kappa shape index (κ2) is 7.67. The fourth-order valence-corrected chi connectivity index (χ4v) is 4.37. The summed E-state index contributed by atoms with van der Waals surface area (Å²) in [6.07, 6.45) is 3.78. The Bertz CT molecular complexity index is 1270. The zero-order valence-corrected chi connectivity index (χ0v) is 17.9. The topological polar surface area (TPSA) is 70.7 Å². The van der Waals surface area contributed by atoms with E-state index >= 15 is 0 Å². The van der Waals surface area contributed by atoms with E-state index in [0.29, 0.717) is 17.1 Å². The molecule has 0 aliphatic carbocycles. The number of nitrogens with zero attached hydrogens (tertiary/aromatic N) is 3. The van der Waals surface area contributed by atoms with Gasteiger partial charge in [-0.2, -0.15) is 10.4 Å². The van der Waals surface area contributed by atoms with E-state index in [1.165, 1.54) is 12.1 Å². The molecule has 1 aliphatic rings. The van der Waals surface area contributed by atoms with E-state index in [9.17, 15) is 14.4 Å². The van der Waals surface area contributed by atoms with Gasteiger partial charge in [0.25, 0.3) is 5.24 Å². The largest absolute Gasteiger partial charge is 0.307 e. The van der Waals surface area contributed by atoms with Gasteiger partial charge in [-0.25, -0.2) is 4.39 Å². The molecule has 1 saturated heterocycles. The SMILES string of the molecule is CC(C)(C#N)c1cc(F)ccc1Cn1cc2cc(/C=C3\SC(=O)NC3=S)ccc2n1. The van der Waals surface area contributed by atoms with E-state index in [1.54, 1.807) is 24.6 Å². The van der Waals surface area contributed by atoms with E-state index in [0.717, 1.165) is 38.7 Å². The molecular weight excluding hydrogens is 419 g/mol. The van der Waals surface area contributed by atoms with E-state index < -0.39 is 5.41 Å². The summed E-state index contributed by atoms with van der Waals surface area (Å²) in [5, 5.41) is 17.5. The summed E-state index contributed by atoms with van der Waals surface area (Å²) in [6.45, 7) is 3.97. The number of fused-ring (bicyclic) bond motifs is 1. The van der Waals surface area contributed by atoms with Crippen LogP contribution in [0.1, 0.15) is 30.5 Å². The van der Waals surface area contributed by atoms with Crippen molar-refractivity contribution in [3.63, 3.8) is 0 Å². The lowest BCUT2D eigenvalue weighted by atomic mass is 9.83. The minimum atomic E-state index is -0.813. The van der Waals surface area contributed by atoms with Crippen LogP contribution in [0.2, 0.25) is 0 Å². The van der Waals surface area contributed by atoms with Crippen molar-refractivity contribution in [2.45, 2.75) is 25.8 Å². The van der Waals surface area contributed by atoms with Gasteiger partial charge < -0.3 is 5.32 Å². The van der Waals surface area contributed by atoms with Gasteiger partial charge in [0.05, 0.1) is 28.5 Å². The Balaban J connectivity index is 1.66. The molecule has 2 aromatic carbocycles. The van der Waals surface area contributed by atoms with Gasteiger partial charge in [-0.3, -0.25) is 9.48 Å². The van der Waals surface area contributed by atoms with Crippen LogP contribution in [0.3, 0.4) is 0 Å². The quantitative estimate of drug-likeness (QED) is 0.452. The Kier molecular flexibility index (Phi) is 5.18. The summed E-state index contributed by atoms with van der Waals surface area (Å²) in [4.78, 5) is 12.6. The molecule has 8 heteroatoms. The second-order valence-electron chi connectivity index (χ2n) is 7.54. The number of carbonyl (C=O) groups excluding carboxylic acids is 1. The lowest BCUT2D eigenvalue weighted by Crippen LogP contribution is -2.18. The maximum Gasteiger partial charge on any atom is 0.289 e. The van der Waals surface area contributed by atoms with Crippen LogP contribution in [0.15, 0.2) is 47.5 Å². The van der Waals surface area contributed by atoms with Crippen molar-refractivity contribution in [1.82, 2.24) is 15.1 Å². The zero-order chi connectivity index (χ0) is 21.5. The zero-order valence-electron chi connectivity index (χ0n) is 16.3. The number of carbonyl (C=O) groups is 1. The predicted octanol–water partition coefficient (Wildman–Crippen LogP) is 5.15. The van der Waals surface area contributed by atoms with Crippen LogP contribution in [0.5, 0.6) is 0 Å². The third-order valence-corrected chi connectivity index (χ3v) is 6.15. The number of rotatable bonds is 4. The fourth-order valence-electron chi connectivity index (χ4n) is 3.34. The van der Waals surface area contributed by atoms with Gasteiger partial charge in [-0.1, -0.05) is 24.4 Å². The highest BCUT2D eigenvalue weighted by Gasteiger charge is 2.24. The molecule has 0 radical (unpaired) electrons. The Labute approximate surface area is 182 Å². The molecule has 1 fully saturated rings. The summed E-state index contributed by atoms with van der Waals surface area (Å²) < 4.78 is 15.6. The lowest BCUT2D eigenvalue weighted by molar-refractivity contribution is 0.265. The molecule has 1 amide bonds. The van der Waals surface area contributed by atoms with Gasteiger partial charge in [-0.15, -0.1) is 0 Å². The van der Waals surface area contributed by atoms with Crippen molar-refractivity contribution in [2.75, 3.05) is 0 Å². The van der Waals surface area contributed by atoms with Crippen molar-refractivity contribution in [3.05, 3.63) is 70.0 Å². The van der Waals surface area contributed by atoms with Crippen molar-refractivity contribution in [2.24, 2.45) is 0 Å². The Hall–Kier alpha value is -3.02. The normalized spacial score (nSPS) is 15.6. The maximum atomic E-state index is 13.8. The first-order valence-corrected chi connectivity index (χ1v) is 10.4. The standard InChI is InChI=1S/C22H17FN4OS2/c1-22(2,12-24)17-9-16(23)5-4-14(17)10-27-11-15-7-13(3-6-18(15)26-27)8-19-20(29)25-21(28)30-19/h3-9,11H,10H2,1-2H3,(H,25,28,29)/b19-8-. The highest BCUT2D eigenvalue weighted by Crippen LogP contribution is 2.29. The number of nitriles is 1. The molecular formula is C22H17FN4OS2. The molecule has 3 aromatic rings. The molecule has 150 valence electrons. The third-order valence-electron chi connectivity index (χ3n) is 4.87. The Morgan fingerprint density at radius 3 is 2.83 bits per heavy atom. The maximum absolute atomic E-state index is 13.8. The summed E-state index contributed by atoms with van der Waals surface area (Å²) in [5.74, 6) is -0.365. The Morgan fingerprint density at radius 1 is 1.33 bits per heavy atom. The smallest absolute Gasteiger partial charge is 0.289 e. The molecule has 0 unspecified atom stereocenters. The fraction of sp³-hybridized carbons (Fsp3) is 0.182. The molecule has 0 spiro atoms. The summed E-state index contributed by atoms with van der Waals surface area (Å²) in [7, 11) is 0. The first kappa shape index (κ1) is 20.3. The molecule has 0 saturated carbocycles. The predicted molar refractivity (Wildman–Crippen MR) is 121 cm³/mol. The average molecular weight is 437 g/mol. The van der Waals surface area contributed by atoms with Gasteiger partial charge in [0.1, 0.15) is 10.8 Å². The van der Waals surface area contributed by atoms with Gasteiger partial charge in [0, 0.05) is 11.6 Å². The van der Waals surface area contributed by atoms with Gasteiger partial charge in [-0.05, 0) is 72.6 Å². The molecule has 0 atom stereocenters. The molecule has 1 N–H and O–H groups in total. The molecule has 1 aromatic heterocycles.